The van der Waals surface area contributed by atoms with E-state index < -0.39 is 5.82 Å². The lowest BCUT2D eigenvalue weighted by Gasteiger charge is -2.23. The monoisotopic (exact) mass is 366 g/mol. The van der Waals surface area contributed by atoms with Gasteiger partial charge in [0.05, 0.1) is 5.02 Å². The van der Waals surface area contributed by atoms with Gasteiger partial charge in [-0.25, -0.2) is 14.4 Å². The van der Waals surface area contributed by atoms with Crippen LogP contribution in [0.2, 0.25) is 5.02 Å². The van der Waals surface area contributed by atoms with E-state index in [0.29, 0.717) is 24.9 Å². The number of carbonyl (C=O) groups is 1. The fourth-order valence-corrected chi connectivity index (χ4v) is 2.58. The van der Waals surface area contributed by atoms with Crippen LogP contribution in [0, 0.1) is 5.82 Å². The van der Waals surface area contributed by atoms with Gasteiger partial charge in [0.25, 0.3) is 0 Å². The van der Waals surface area contributed by atoms with Crippen LogP contribution < -0.4 is 15.4 Å². The highest BCUT2D eigenvalue weighted by molar-refractivity contribution is 6.32. The van der Waals surface area contributed by atoms with E-state index in [1.165, 1.54) is 12.4 Å². The van der Waals surface area contributed by atoms with Crippen LogP contribution in [0.5, 0.6) is 11.8 Å². The average molecular weight is 367 g/mol. The highest BCUT2D eigenvalue weighted by atomic mass is 35.5. The normalized spacial score (nSPS) is 13.1. The van der Waals surface area contributed by atoms with E-state index in [4.69, 9.17) is 16.3 Å². The highest BCUT2D eigenvalue weighted by Gasteiger charge is 2.22. The van der Waals surface area contributed by atoms with Crippen LogP contribution in [0.4, 0.5) is 4.39 Å². The van der Waals surface area contributed by atoms with Crippen LogP contribution in [0.25, 0.3) is 0 Å². The van der Waals surface area contributed by atoms with E-state index >= 15 is 0 Å². The van der Waals surface area contributed by atoms with E-state index in [9.17, 15) is 9.18 Å². The molecule has 25 heavy (non-hydrogen) atoms. The molecule has 1 aromatic heterocycles. The molecule has 0 saturated heterocycles. The summed E-state index contributed by atoms with van der Waals surface area (Å²) in [6, 6.07) is 4.55. The molecule has 0 aliphatic carbocycles. The Morgan fingerprint density at radius 1 is 1.36 bits per heavy atom. The zero-order chi connectivity index (χ0) is 18.2. The summed E-state index contributed by atoms with van der Waals surface area (Å²) in [7, 11) is 0. The first-order valence-corrected chi connectivity index (χ1v) is 8.30. The minimum Gasteiger partial charge on any atom is -0.420 e. The quantitative estimate of drug-likeness (QED) is 0.666. The van der Waals surface area contributed by atoms with Crippen LogP contribution >= 0.6 is 11.6 Å². The molecule has 2 atom stereocenters. The van der Waals surface area contributed by atoms with Gasteiger partial charge in [-0.3, -0.25) is 4.79 Å². The number of nitrogens with one attached hydrogen (secondary N) is 2. The third-order valence-corrected chi connectivity index (χ3v) is 3.89. The Bertz CT molecular complexity index is 703. The molecule has 0 radical (unpaired) electrons. The van der Waals surface area contributed by atoms with Gasteiger partial charge in [-0.15, -0.1) is 0 Å². The number of benzene rings is 1. The molecule has 1 amide bonds. The Balaban J connectivity index is 2.25. The third-order valence-electron chi connectivity index (χ3n) is 3.59. The van der Waals surface area contributed by atoms with E-state index in [0.717, 1.165) is 0 Å². The molecule has 6 nitrogen and oxygen atoms in total. The molecule has 0 saturated carbocycles. The molecule has 0 aliphatic rings. The Morgan fingerprint density at radius 3 is 2.72 bits per heavy atom. The lowest BCUT2D eigenvalue weighted by Crippen LogP contribution is -2.38. The van der Waals surface area contributed by atoms with Gasteiger partial charge in [-0.2, -0.15) is 0 Å². The SMILES string of the molecule is CC[C@@H](N[C@H](C)CNC=O)c1ccc(Cl)c(Oc2ncccn2)c1F. The lowest BCUT2D eigenvalue weighted by molar-refractivity contribution is -0.109. The molecule has 2 aromatic rings. The van der Waals surface area contributed by atoms with E-state index in [1.54, 1.807) is 18.2 Å². The van der Waals surface area contributed by atoms with E-state index in [-0.39, 0.29) is 28.9 Å². The second-order valence-corrected chi connectivity index (χ2v) is 5.87. The van der Waals surface area contributed by atoms with Crippen LogP contribution in [-0.2, 0) is 4.79 Å². The molecule has 1 aromatic carbocycles. The number of hydrogen-bond acceptors (Lipinski definition) is 5. The number of carbonyl (C=O) groups excluding carboxylic acids is 1. The van der Waals surface area contributed by atoms with Crippen LogP contribution in [0.3, 0.4) is 0 Å². The number of hydrogen-bond donors (Lipinski definition) is 2. The Morgan fingerprint density at radius 2 is 2.08 bits per heavy atom. The van der Waals surface area contributed by atoms with Crippen molar-refractivity contribution in [3.8, 4) is 11.8 Å². The zero-order valence-electron chi connectivity index (χ0n) is 14.0. The first-order valence-electron chi connectivity index (χ1n) is 7.92. The van der Waals surface area contributed by atoms with Gasteiger partial charge in [0.15, 0.2) is 11.6 Å². The van der Waals surface area contributed by atoms with Crippen molar-refractivity contribution in [3.05, 3.63) is 47.0 Å². The Kier molecular flexibility index (Phi) is 7.09. The number of ether oxygens (including phenoxy) is 1. The van der Waals surface area contributed by atoms with Crippen molar-refractivity contribution in [2.24, 2.45) is 0 Å². The topological polar surface area (TPSA) is 76.1 Å². The number of nitrogens with zero attached hydrogens (tertiary/aromatic N) is 2. The maximum Gasteiger partial charge on any atom is 0.322 e. The second-order valence-electron chi connectivity index (χ2n) is 5.47. The first-order chi connectivity index (χ1) is 12.1. The predicted octanol–water partition coefficient (Wildman–Crippen LogP) is 3.24. The summed E-state index contributed by atoms with van der Waals surface area (Å²) in [6.45, 7) is 4.28. The number of aromatic nitrogens is 2. The molecule has 134 valence electrons. The molecule has 0 aliphatic heterocycles. The van der Waals surface area contributed by atoms with Crippen LogP contribution in [0.15, 0.2) is 30.6 Å². The standard InChI is InChI=1S/C17H20ClFN4O2/c1-3-14(23-11(2)9-20-10-24)12-5-6-13(18)16(15(12)19)25-17-21-7-4-8-22-17/h4-8,10-11,14,23H,3,9H2,1-2H3,(H,20,24)/t11-,14-/m1/s1. The minimum absolute atomic E-state index is 0.0185. The summed E-state index contributed by atoms with van der Waals surface area (Å²) in [5.74, 6) is -0.667. The van der Waals surface area contributed by atoms with Crippen molar-refractivity contribution >= 4 is 18.0 Å². The molecule has 1 heterocycles. The van der Waals surface area contributed by atoms with Crippen molar-refractivity contribution in [1.82, 2.24) is 20.6 Å². The highest BCUT2D eigenvalue weighted by Crippen LogP contribution is 2.35. The minimum atomic E-state index is -0.560. The molecule has 8 heteroatoms. The lowest BCUT2D eigenvalue weighted by atomic mass is 10.0. The molecular formula is C17H20ClFN4O2. The fraction of sp³-hybridized carbons (Fsp3) is 0.353. The maximum atomic E-state index is 15.0. The van der Waals surface area contributed by atoms with Crippen molar-refractivity contribution in [2.75, 3.05) is 6.54 Å². The summed E-state index contributed by atoms with van der Waals surface area (Å²) in [5, 5.41) is 6.01. The van der Waals surface area contributed by atoms with Gasteiger partial charge < -0.3 is 15.4 Å². The zero-order valence-corrected chi connectivity index (χ0v) is 14.8. The number of amides is 1. The summed E-state index contributed by atoms with van der Waals surface area (Å²) in [6.07, 6.45) is 4.27. The van der Waals surface area contributed by atoms with Crippen molar-refractivity contribution in [3.63, 3.8) is 0 Å². The first kappa shape index (κ1) is 19.1. The smallest absolute Gasteiger partial charge is 0.322 e. The third kappa shape index (κ3) is 5.11. The molecule has 2 rings (SSSR count). The molecule has 0 unspecified atom stereocenters. The summed E-state index contributed by atoms with van der Waals surface area (Å²) in [5.41, 5.74) is 0.427. The fourth-order valence-electron chi connectivity index (χ4n) is 2.39. The van der Waals surface area contributed by atoms with Gasteiger partial charge in [-0.1, -0.05) is 24.6 Å². The Labute approximate surface area is 150 Å². The summed E-state index contributed by atoms with van der Waals surface area (Å²) >= 11 is 6.08. The summed E-state index contributed by atoms with van der Waals surface area (Å²) in [4.78, 5) is 18.2. The summed E-state index contributed by atoms with van der Waals surface area (Å²) < 4.78 is 20.4. The molecule has 2 N–H and O–H groups in total. The van der Waals surface area contributed by atoms with Gasteiger partial charge in [0.1, 0.15) is 0 Å². The molecular weight excluding hydrogens is 347 g/mol. The van der Waals surface area contributed by atoms with Crippen molar-refractivity contribution in [2.45, 2.75) is 32.4 Å². The molecule has 0 bridgehead atoms. The van der Waals surface area contributed by atoms with Crippen molar-refractivity contribution in [1.29, 1.82) is 0 Å². The van der Waals surface area contributed by atoms with Crippen LogP contribution in [0.1, 0.15) is 31.9 Å². The van der Waals surface area contributed by atoms with Gasteiger partial charge in [-0.05, 0) is 25.5 Å². The Hall–Kier alpha value is -2.25. The predicted molar refractivity (Wildman–Crippen MR) is 93.2 cm³/mol. The van der Waals surface area contributed by atoms with E-state index in [1.807, 2.05) is 13.8 Å². The average Bonchev–Trinajstić information content (AvgIpc) is 2.63. The number of rotatable bonds is 9. The van der Waals surface area contributed by atoms with E-state index in [2.05, 4.69) is 20.6 Å². The van der Waals surface area contributed by atoms with Crippen LogP contribution in [-0.4, -0.2) is 29.0 Å². The van der Waals surface area contributed by atoms with Gasteiger partial charge >= 0.3 is 6.01 Å². The molecule has 0 fully saturated rings. The number of halogens is 2. The van der Waals surface area contributed by atoms with Gasteiger partial charge in [0, 0.05) is 36.6 Å². The van der Waals surface area contributed by atoms with Crippen molar-refractivity contribution < 1.29 is 13.9 Å². The molecule has 0 spiro atoms. The second kappa shape index (κ2) is 9.29. The largest absolute Gasteiger partial charge is 0.420 e. The maximum absolute atomic E-state index is 15.0. The van der Waals surface area contributed by atoms with Gasteiger partial charge in [0.2, 0.25) is 6.41 Å².